The molecule has 1 aromatic rings. The van der Waals surface area contributed by atoms with Crippen LogP contribution in [-0.2, 0) is 20.7 Å². The molecule has 0 aliphatic rings. The van der Waals surface area contributed by atoms with Crippen LogP contribution in [0.5, 0.6) is 5.75 Å². The van der Waals surface area contributed by atoms with Crippen molar-refractivity contribution in [2.24, 2.45) is 0 Å². The lowest BCUT2D eigenvalue weighted by Crippen LogP contribution is -2.24. The summed E-state index contributed by atoms with van der Waals surface area (Å²) in [5, 5.41) is 0. The summed E-state index contributed by atoms with van der Waals surface area (Å²) in [6.07, 6.45) is 9.36. The van der Waals surface area contributed by atoms with E-state index in [9.17, 15) is 4.79 Å². The van der Waals surface area contributed by atoms with Gasteiger partial charge in [-0.1, -0.05) is 51.2 Å². The highest BCUT2D eigenvalue weighted by Gasteiger charge is 2.15. The highest BCUT2D eigenvalue weighted by Crippen LogP contribution is 2.15. The molecule has 1 rings (SSSR count). The third-order valence-corrected chi connectivity index (χ3v) is 4.11. The summed E-state index contributed by atoms with van der Waals surface area (Å²) in [6.45, 7) is 9.12. The van der Waals surface area contributed by atoms with Crippen molar-refractivity contribution in [1.29, 1.82) is 0 Å². The Kier molecular flexibility index (Phi) is 11.8. The van der Waals surface area contributed by atoms with Crippen LogP contribution in [0.2, 0.25) is 0 Å². The second kappa shape index (κ2) is 13.6. The number of rotatable bonds is 14. The Labute approximate surface area is 165 Å². The van der Waals surface area contributed by atoms with Crippen LogP contribution in [0.15, 0.2) is 24.3 Å². The number of carbonyl (C=O) groups is 1. The topological polar surface area (TPSA) is 44.8 Å². The molecular weight excluding hydrogens is 340 g/mol. The number of esters is 1. The number of aryl methyl sites for hydroxylation is 1. The van der Waals surface area contributed by atoms with Crippen molar-refractivity contribution in [3.05, 3.63) is 29.8 Å². The van der Waals surface area contributed by atoms with Crippen molar-refractivity contribution in [3.63, 3.8) is 0 Å². The summed E-state index contributed by atoms with van der Waals surface area (Å²) in [7, 11) is 0. The molecule has 0 aromatic heterocycles. The van der Waals surface area contributed by atoms with Crippen LogP contribution in [0.25, 0.3) is 0 Å². The van der Waals surface area contributed by atoms with Crippen molar-refractivity contribution in [3.8, 4) is 5.75 Å². The quantitative estimate of drug-likeness (QED) is 0.307. The molecule has 0 aliphatic heterocycles. The van der Waals surface area contributed by atoms with Crippen LogP contribution >= 0.6 is 0 Å². The highest BCUT2D eigenvalue weighted by atomic mass is 16.6. The molecule has 0 saturated heterocycles. The first-order chi connectivity index (χ1) is 12.9. The van der Waals surface area contributed by atoms with Gasteiger partial charge in [-0.15, -0.1) is 0 Å². The summed E-state index contributed by atoms with van der Waals surface area (Å²) in [5.41, 5.74) is 0.924. The Balaban J connectivity index is 2.06. The van der Waals surface area contributed by atoms with Crippen molar-refractivity contribution < 1.29 is 19.0 Å². The van der Waals surface area contributed by atoms with Gasteiger partial charge in [-0.3, -0.25) is 4.79 Å². The van der Waals surface area contributed by atoms with E-state index in [1.807, 2.05) is 32.9 Å². The highest BCUT2D eigenvalue weighted by molar-refractivity contribution is 5.69. The molecule has 0 spiro atoms. The van der Waals surface area contributed by atoms with Crippen LogP contribution in [0.1, 0.15) is 78.2 Å². The van der Waals surface area contributed by atoms with Crippen LogP contribution in [0.4, 0.5) is 0 Å². The molecule has 0 bridgehead atoms. The van der Waals surface area contributed by atoms with Crippen molar-refractivity contribution in [1.82, 2.24) is 0 Å². The second-order valence-electron chi connectivity index (χ2n) is 7.96. The smallest absolute Gasteiger partial charge is 0.308 e. The van der Waals surface area contributed by atoms with E-state index in [4.69, 9.17) is 14.2 Å². The number of benzene rings is 1. The molecule has 0 N–H and O–H groups in total. The maximum absolute atomic E-state index is 11.6. The summed E-state index contributed by atoms with van der Waals surface area (Å²) >= 11 is 0. The number of hydrogen-bond donors (Lipinski definition) is 0. The van der Waals surface area contributed by atoms with Gasteiger partial charge in [0.25, 0.3) is 0 Å². The van der Waals surface area contributed by atoms with Crippen LogP contribution in [0, 0.1) is 0 Å². The number of unbranched alkanes of at least 4 members (excludes halogenated alkanes) is 5. The van der Waals surface area contributed by atoms with Gasteiger partial charge in [0.15, 0.2) is 0 Å². The Bertz CT molecular complexity index is 502. The number of ether oxygens (including phenoxy) is 3. The zero-order chi connectivity index (χ0) is 20.0. The molecule has 4 nitrogen and oxygen atoms in total. The molecule has 0 aliphatic carbocycles. The lowest BCUT2D eigenvalue weighted by Gasteiger charge is -2.19. The Morgan fingerprint density at radius 1 is 0.889 bits per heavy atom. The van der Waals surface area contributed by atoms with E-state index in [1.165, 1.54) is 44.1 Å². The first-order valence-electron chi connectivity index (χ1n) is 10.4. The second-order valence-corrected chi connectivity index (χ2v) is 7.96. The van der Waals surface area contributed by atoms with Gasteiger partial charge in [-0.25, -0.2) is 0 Å². The Morgan fingerprint density at radius 3 is 2.22 bits per heavy atom. The van der Waals surface area contributed by atoms with Crippen molar-refractivity contribution in [2.45, 2.75) is 84.7 Å². The monoisotopic (exact) mass is 378 g/mol. The van der Waals surface area contributed by atoms with E-state index in [0.717, 1.165) is 12.2 Å². The minimum Gasteiger partial charge on any atom is -0.491 e. The van der Waals surface area contributed by atoms with E-state index in [-0.39, 0.29) is 12.4 Å². The summed E-state index contributed by atoms with van der Waals surface area (Å²) < 4.78 is 16.3. The fraction of sp³-hybridized carbons (Fsp3) is 0.696. The first kappa shape index (κ1) is 23.5. The van der Waals surface area contributed by atoms with E-state index >= 15 is 0 Å². The molecule has 0 heterocycles. The largest absolute Gasteiger partial charge is 0.491 e. The average Bonchev–Trinajstić information content (AvgIpc) is 2.60. The molecule has 27 heavy (non-hydrogen) atoms. The van der Waals surface area contributed by atoms with E-state index in [2.05, 4.69) is 19.1 Å². The third-order valence-electron chi connectivity index (χ3n) is 4.11. The lowest BCUT2D eigenvalue weighted by atomic mass is 10.0. The average molecular weight is 379 g/mol. The van der Waals surface area contributed by atoms with E-state index in [1.54, 1.807) is 0 Å². The molecule has 4 heteroatoms. The molecule has 0 saturated carbocycles. The predicted molar refractivity (Wildman–Crippen MR) is 110 cm³/mol. The van der Waals surface area contributed by atoms with Crippen molar-refractivity contribution in [2.75, 3.05) is 19.8 Å². The zero-order valence-electron chi connectivity index (χ0n) is 17.7. The molecule has 0 fully saturated rings. The van der Waals surface area contributed by atoms with Crippen molar-refractivity contribution >= 4 is 5.97 Å². The maximum Gasteiger partial charge on any atom is 0.308 e. The molecule has 1 aromatic carbocycles. The Hall–Kier alpha value is -1.55. The molecule has 0 amide bonds. The van der Waals surface area contributed by atoms with Gasteiger partial charge in [-0.2, -0.15) is 0 Å². The molecule has 0 atom stereocenters. The Morgan fingerprint density at radius 2 is 1.56 bits per heavy atom. The van der Waals surface area contributed by atoms with Gasteiger partial charge in [0.05, 0.1) is 19.6 Å². The van der Waals surface area contributed by atoms with Crippen LogP contribution in [-0.4, -0.2) is 31.4 Å². The number of hydrogen-bond acceptors (Lipinski definition) is 4. The van der Waals surface area contributed by atoms with Crippen LogP contribution < -0.4 is 4.74 Å². The minimum absolute atomic E-state index is 0.232. The van der Waals surface area contributed by atoms with E-state index < -0.39 is 5.60 Å². The normalized spacial score (nSPS) is 11.4. The molecule has 0 unspecified atom stereocenters. The third kappa shape index (κ3) is 13.3. The minimum atomic E-state index is -0.443. The standard InChI is InChI=1S/C23H38O4/c1-5-6-7-8-9-10-11-20-12-14-21(15-13-20)26-19-18-25-17-16-22(24)27-23(2,3)4/h12-15H,5-11,16-19H2,1-4H3. The summed E-state index contributed by atoms with van der Waals surface area (Å²) in [5.74, 6) is 0.627. The SMILES string of the molecule is CCCCCCCCc1ccc(OCCOCCC(=O)OC(C)(C)C)cc1. The van der Waals surface area contributed by atoms with Gasteiger partial charge >= 0.3 is 5.97 Å². The van der Waals surface area contributed by atoms with Gasteiger partial charge in [0.2, 0.25) is 0 Å². The molecule has 154 valence electrons. The molecular formula is C23H38O4. The predicted octanol–water partition coefficient (Wildman–Crippen LogP) is 5.72. The van der Waals surface area contributed by atoms with Gasteiger partial charge in [0, 0.05) is 0 Å². The lowest BCUT2D eigenvalue weighted by molar-refractivity contribution is -0.156. The zero-order valence-corrected chi connectivity index (χ0v) is 17.7. The van der Waals surface area contributed by atoms with Gasteiger partial charge in [0.1, 0.15) is 18.0 Å². The number of carbonyl (C=O) groups excluding carboxylic acids is 1. The van der Waals surface area contributed by atoms with Crippen LogP contribution in [0.3, 0.4) is 0 Å². The summed E-state index contributed by atoms with van der Waals surface area (Å²) in [4.78, 5) is 11.6. The fourth-order valence-corrected chi connectivity index (χ4v) is 2.73. The molecule has 0 radical (unpaired) electrons. The summed E-state index contributed by atoms with van der Waals surface area (Å²) in [6, 6.07) is 8.33. The van der Waals surface area contributed by atoms with Gasteiger partial charge in [-0.05, 0) is 51.3 Å². The fourth-order valence-electron chi connectivity index (χ4n) is 2.73. The van der Waals surface area contributed by atoms with E-state index in [0.29, 0.717) is 19.8 Å². The maximum atomic E-state index is 11.6. The van der Waals surface area contributed by atoms with Gasteiger partial charge < -0.3 is 14.2 Å². The first-order valence-corrected chi connectivity index (χ1v) is 10.4.